The minimum Gasteiger partial charge on any atom is -0.247 e. The molecule has 0 atom stereocenters. The molecule has 4 rings (SSSR count). The second-order valence-electron chi connectivity index (χ2n) is 4.27. The van der Waals surface area contributed by atoms with Crippen molar-refractivity contribution in [3.05, 3.63) is 53.0 Å². The van der Waals surface area contributed by atoms with Crippen LogP contribution in [0.1, 0.15) is 0 Å². The quantitative estimate of drug-likeness (QED) is 0.563. The monoisotopic (exact) mass is 232 g/mol. The van der Waals surface area contributed by atoms with Crippen molar-refractivity contribution in [2.24, 2.45) is 9.98 Å². The van der Waals surface area contributed by atoms with Gasteiger partial charge in [0, 0.05) is 11.1 Å². The summed E-state index contributed by atoms with van der Waals surface area (Å²) < 4.78 is 0. The van der Waals surface area contributed by atoms with Gasteiger partial charge in [-0.1, -0.05) is 30.3 Å². The number of hydrogen-bond donors (Lipinski definition) is 1. The summed E-state index contributed by atoms with van der Waals surface area (Å²) in [5, 5.41) is 2.06. The van der Waals surface area contributed by atoms with Crippen LogP contribution in [-0.2, 0) is 0 Å². The molecule has 2 aliphatic rings. The fraction of sp³-hybridized carbons (Fsp3) is 0. The standard InChI is InChI=1S/C15H9N3/c1-2-7-13-10(4-1)11-5-3-6-12(14(11)18-13)15-16-8-9-17-15/h1-9H/p+1. The van der Waals surface area contributed by atoms with E-state index < -0.39 is 0 Å². The summed E-state index contributed by atoms with van der Waals surface area (Å²) in [6, 6.07) is 14.4. The molecule has 84 valence electrons. The highest BCUT2D eigenvalue weighted by atomic mass is 15.0. The Bertz CT molecular complexity index is 815. The molecule has 0 radical (unpaired) electrons. The second kappa shape index (κ2) is 3.47. The lowest BCUT2D eigenvalue weighted by Crippen LogP contribution is -2.65. The van der Waals surface area contributed by atoms with E-state index in [-0.39, 0.29) is 0 Å². The minimum atomic E-state index is 0.864. The third kappa shape index (κ3) is 1.21. The van der Waals surface area contributed by atoms with E-state index in [2.05, 4.69) is 22.1 Å². The first-order valence-electron chi connectivity index (χ1n) is 5.87. The molecule has 0 bridgehead atoms. The number of benzene rings is 2. The molecule has 18 heavy (non-hydrogen) atoms. The molecule has 2 heterocycles. The second-order valence-corrected chi connectivity index (χ2v) is 4.27. The first-order chi connectivity index (χ1) is 8.93. The summed E-state index contributed by atoms with van der Waals surface area (Å²) in [5.74, 6) is 0.864. The van der Waals surface area contributed by atoms with Crippen LogP contribution in [0.3, 0.4) is 0 Å². The molecule has 0 aromatic heterocycles. The Labute approximate surface area is 104 Å². The van der Waals surface area contributed by atoms with Gasteiger partial charge in [0.2, 0.25) is 0 Å². The summed E-state index contributed by atoms with van der Waals surface area (Å²) in [7, 11) is 0. The van der Waals surface area contributed by atoms with Gasteiger partial charge in [-0.25, -0.2) is 9.98 Å². The number of nitrogens with zero attached hydrogens (tertiary/aromatic N) is 2. The number of fused-ring (bicyclic) bond motifs is 3. The van der Waals surface area contributed by atoms with E-state index in [1.165, 1.54) is 11.1 Å². The summed E-state index contributed by atoms with van der Waals surface area (Å²) in [6.07, 6.45) is 3.59. The Morgan fingerprint density at radius 2 is 1.78 bits per heavy atom. The molecule has 2 aromatic rings. The lowest BCUT2D eigenvalue weighted by Gasteiger charge is -1.96. The normalized spacial score (nSPS) is 17.6. The number of para-hydroxylation sites is 2. The fourth-order valence-electron chi connectivity index (χ4n) is 2.40. The number of rotatable bonds is 0. The smallest absolute Gasteiger partial charge is 0.247 e. The zero-order valence-corrected chi connectivity index (χ0v) is 9.59. The van der Waals surface area contributed by atoms with Crippen molar-refractivity contribution in [3.8, 4) is 11.1 Å². The first kappa shape index (κ1) is 9.48. The highest BCUT2D eigenvalue weighted by molar-refractivity contribution is 6.16. The Morgan fingerprint density at radius 1 is 0.889 bits per heavy atom. The van der Waals surface area contributed by atoms with Crippen LogP contribution in [0.5, 0.6) is 0 Å². The fourth-order valence-corrected chi connectivity index (χ4v) is 2.40. The highest BCUT2D eigenvalue weighted by Gasteiger charge is 2.16. The van der Waals surface area contributed by atoms with Crippen LogP contribution in [0.15, 0.2) is 52.4 Å². The molecular weight excluding hydrogens is 222 g/mol. The lowest BCUT2D eigenvalue weighted by molar-refractivity contribution is -0.337. The van der Waals surface area contributed by atoms with Gasteiger partial charge in [-0.15, -0.1) is 0 Å². The van der Waals surface area contributed by atoms with Gasteiger partial charge in [-0.2, -0.15) is 0 Å². The molecule has 0 amide bonds. The number of aliphatic imine (C=N–C) groups is 1. The molecule has 2 aromatic carbocycles. The van der Waals surface area contributed by atoms with E-state index in [1.54, 1.807) is 6.21 Å². The Hall–Kier alpha value is -2.55. The van der Waals surface area contributed by atoms with Gasteiger partial charge < -0.3 is 0 Å². The summed E-state index contributed by atoms with van der Waals surface area (Å²) in [5.41, 5.74) is 3.41. The van der Waals surface area contributed by atoms with Crippen molar-refractivity contribution in [2.75, 3.05) is 0 Å². The predicted molar refractivity (Wildman–Crippen MR) is 71.2 cm³/mol. The van der Waals surface area contributed by atoms with Crippen LogP contribution in [-0.4, -0.2) is 12.4 Å². The maximum Gasteiger partial charge on any atom is 0.330 e. The van der Waals surface area contributed by atoms with Crippen molar-refractivity contribution in [1.29, 1.82) is 0 Å². The molecule has 0 saturated heterocycles. The van der Waals surface area contributed by atoms with Crippen LogP contribution in [0.4, 0.5) is 5.69 Å². The third-order valence-electron chi connectivity index (χ3n) is 3.22. The van der Waals surface area contributed by atoms with Gasteiger partial charge in [-0.05, 0) is 17.1 Å². The van der Waals surface area contributed by atoms with Crippen LogP contribution in [0.25, 0.3) is 16.9 Å². The lowest BCUT2D eigenvalue weighted by atomic mass is 10.1. The first-order valence-corrected chi connectivity index (χ1v) is 5.87. The topological polar surface area (TPSA) is 38.7 Å². The highest BCUT2D eigenvalue weighted by Crippen LogP contribution is 2.30. The molecule has 0 saturated carbocycles. The van der Waals surface area contributed by atoms with Gasteiger partial charge in [0.15, 0.2) is 6.21 Å². The summed E-state index contributed by atoms with van der Waals surface area (Å²) in [4.78, 5) is 12.2. The van der Waals surface area contributed by atoms with Crippen LogP contribution < -0.4 is 15.6 Å². The van der Waals surface area contributed by atoms with Crippen molar-refractivity contribution < 1.29 is 4.99 Å². The molecular formula is C15H10N3+. The minimum absolute atomic E-state index is 0.864. The van der Waals surface area contributed by atoms with E-state index in [9.17, 15) is 0 Å². The van der Waals surface area contributed by atoms with Gasteiger partial charge in [0.05, 0.1) is 16.3 Å². The Kier molecular flexibility index (Phi) is 1.83. The summed E-state index contributed by atoms with van der Waals surface area (Å²) >= 11 is 0. The molecule has 1 N–H and O–H groups in total. The summed E-state index contributed by atoms with van der Waals surface area (Å²) in [6.45, 7) is 0. The van der Waals surface area contributed by atoms with E-state index >= 15 is 0 Å². The van der Waals surface area contributed by atoms with Gasteiger partial charge in [0.1, 0.15) is 6.21 Å². The van der Waals surface area contributed by atoms with E-state index in [0.29, 0.717) is 0 Å². The molecule has 2 aliphatic heterocycles. The molecule has 0 fully saturated rings. The van der Waals surface area contributed by atoms with Crippen molar-refractivity contribution >= 4 is 23.9 Å². The molecule has 0 unspecified atom stereocenters. The van der Waals surface area contributed by atoms with Gasteiger partial charge in [0.25, 0.3) is 0 Å². The maximum atomic E-state index is 4.71. The molecule has 0 aliphatic carbocycles. The molecule has 3 heteroatoms. The zero-order valence-electron chi connectivity index (χ0n) is 9.59. The SMILES string of the molecule is C1=NC(=c2cccc3c2=Nc2ccccc2-3)[NH+]=C1. The molecule has 3 nitrogen and oxygen atoms in total. The number of hydrogen-bond acceptors (Lipinski definition) is 2. The Morgan fingerprint density at radius 3 is 2.67 bits per heavy atom. The van der Waals surface area contributed by atoms with E-state index in [1.807, 2.05) is 36.5 Å². The average Bonchev–Trinajstić information content (AvgIpc) is 3.05. The third-order valence-corrected chi connectivity index (χ3v) is 3.22. The van der Waals surface area contributed by atoms with Crippen LogP contribution in [0, 0.1) is 0 Å². The Balaban J connectivity index is 2.16. The van der Waals surface area contributed by atoms with Crippen LogP contribution >= 0.6 is 0 Å². The largest absolute Gasteiger partial charge is 0.330 e. The maximum absolute atomic E-state index is 4.71. The average molecular weight is 232 g/mol. The molecule has 0 spiro atoms. The van der Waals surface area contributed by atoms with Crippen molar-refractivity contribution in [2.45, 2.75) is 0 Å². The zero-order chi connectivity index (χ0) is 11.9. The van der Waals surface area contributed by atoms with E-state index in [0.717, 1.165) is 22.1 Å². The van der Waals surface area contributed by atoms with Gasteiger partial charge >= 0.3 is 5.82 Å². The van der Waals surface area contributed by atoms with Crippen molar-refractivity contribution in [1.82, 2.24) is 0 Å². The predicted octanol–water partition coefficient (Wildman–Crippen LogP) is -0.0802. The van der Waals surface area contributed by atoms with E-state index in [4.69, 9.17) is 4.99 Å². The van der Waals surface area contributed by atoms with Crippen molar-refractivity contribution in [3.63, 3.8) is 0 Å². The van der Waals surface area contributed by atoms with Gasteiger partial charge in [-0.3, -0.25) is 0 Å². The number of nitrogens with one attached hydrogen (secondary N) is 1. The van der Waals surface area contributed by atoms with Crippen LogP contribution in [0.2, 0.25) is 0 Å².